The fourth-order valence-electron chi connectivity index (χ4n) is 2.90. The number of hydrogen-bond acceptors (Lipinski definition) is 3. The number of rotatable bonds is 7. The van der Waals surface area contributed by atoms with Crippen molar-refractivity contribution in [3.63, 3.8) is 0 Å². The van der Waals surface area contributed by atoms with E-state index in [0.29, 0.717) is 5.56 Å². The normalized spacial score (nSPS) is 11.6. The largest absolute Gasteiger partial charge is 0.486 e. The third kappa shape index (κ3) is 5.54. The van der Waals surface area contributed by atoms with E-state index in [1.165, 1.54) is 30.3 Å². The summed E-state index contributed by atoms with van der Waals surface area (Å²) in [5.41, 5.74) is 1.66. The minimum atomic E-state index is -1.02. The van der Waals surface area contributed by atoms with Gasteiger partial charge in [0.05, 0.1) is 27.2 Å². The number of carboxylic acid groups (broad SMARTS) is 1. The standard InChI is InChI=1S/C23H18Cl2FNO4/c1-13(14-5-7-15(8-6-14)23(29)30)27-22(28)18-3-2-4-19(24)21(18)31-12-16-9-10-17(26)11-20(16)25/h2-11,13H,12H2,1H3,(H,27,28)(H,29,30)/t13-/m0/s1. The van der Waals surface area contributed by atoms with E-state index < -0.39 is 23.7 Å². The molecule has 31 heavy (non-hydrogen) atoms. The first-order chi connectivity index (χ1) is 14.8. The van der Waals surface area contributed by atoms with E-state index in [4.69, 9.17) is 33.0 Å². The lowest BCUT2D eigenvalue weighted by atomic mass is 10.1. The van der Waals surface area contributed by atoms with Crippen molar-refractivity contribution in [2.45, 2.75) is 19.6 Å². The van der Waals surface area contributed by atoms with Crippen molar-refractivity contribution in [2.24, 2.45) is 0 Å². The van der Waals surface area contributed by atoms with Crippen LogP contribution in [0.25, 0.3) is 0 Å². The molecule has 3 aromatic rings. The number of nitrogens with one attached hydrogen (secondary N) is 1. The van der Waals surface area contributed by atoms with Gasteiger partial charge < -0.3 is 15.2 Å². The highest BCUT2D eigenvalue weighted by molar-refractivity contribution is 6.32. The van der Waals surface area contributed by atoms with Crippen LogP contribution in [0.3, 0.4) is 0 Å². The summed E-state index contributed by atoms with van der Waals surface area (Å²) in [5.74, 6) is -1.73. The Kier molecular flexibility index (Phi) is 7.15. The zero-order valence-corrected chi connectivity index (χ0v) is 17.9. The van der Waals surface area contributed by atoms with Crippen LogP contribution in [0.15, 0.2) is 60.7 Å². The van der Waals surface area contributed by atoms with E-state index in [2.05, 4.69) is 5.32 Å². The van der Waals surface area contributed by atoms with E-state index in [1.807, 2.05) is 0 Å². The smallest absolute Gasteiger partial charge is 0.335 e. The molecule has 0 spiro atoms. The lowest BCUT2D eigenvalue weighted by molar-refractivity contribution is 0.0696. The maximum absolute atomic E-state index is 13.2. The van der Waals surface area contributed by atoms with Crippen molar-refractivity contribution < 1.29 is 23.8 Å². The molecule has 8 heteroatoms. The van der Waals surface area contributed by atoms with Gasteiger partial charge in [-0.15, -0.1) is 0 Å². The Bertz CT molecular complexity index is 1120. The number of carbonyl (C=O) groups is 2. The lowest BCUT2D eigenvalue weighted by Crippen LogP contribution is -2.27. The zero-order chi connectivity index (χ0) is 22.5. The molecule has 0 heterocycles. The fraction of sp³-hybridized carbons (Fsp3) is 0.130. The lowest BCUT2D eigenvalue weighted by Gasteiger charge is -2.17. The second-order valence-electron chi connectivity index (χ2n) is 6.76. The molecule has 0 aromatic heterocycles. The molecule has 0 aliphatic rings. The van der Waals surface area contributed by atoms with Gasteiger partial charge in [-0.2, -0.15) is 0 Å². The molecule has 1 amide bonds. The minimum absolute atomic E-state index is 0.00463. The number of halogens is 3. The van der Waals surface area contributed by atoms with E-state index in [0.717, 1.165) is 5.56 Å². The third-order valence-electron chi connectivity index (χ3n) is 4.60. The molecule has 160 valence electrons. The predicted molar refractivity (Wildman–Crippen MR) is 116 cm³/mol. The summed E-state index contributed by atoms with van der Waals surface area (Å²) < 4.78 is 19.0. The molecule has 0 saturated heterocycles. The molecule has 5 nitrogen and oxygen atoms in total. The molecule has 1 atom stereocenters. The Morgan fingerprint density at radius 2 is 1.77 bits per heavy atom. The van der Waals surface area contributed by atoms with Crippen LogP contribution in [0.4, 0.5) is 4.39 Å². The maximum atomic E-state index is 13.2. The molecule has 0 bridgehead atoms. The van der Waals surface area contributed by atoms with Crippen LogP contribution in [0, 0.1) is 5.82 Å². The summed E-state index contributed by atoms with van der Waals surface area (Å²) in [6, 6.07) is 14.6. The molecular formula is C23H18Cl2FNO4. The number of amides is 1. The molecule has 0 radical (unpaired) electrons. The quantitative estimate of drug-likeness (QED) is 0.459. The van der Waals surface area contributed by atoms with Crippen molar-refractivity contribution in [2.75, 3.05) is 0 Å². The Balaban J connectivity index is 1.76. The molecule has 0 saturated carbocycles. The van der Waals surface area contributed by atoms with E-state index in [9.17, 15) is 14.0 Å². The summed E-state index contributed by atoms with van der Waals surface area (Å²) in [6.07, 6.45) is 0. The zero-order valence-electron chi connectivity index (χ0n) is 16.4. The first-order valence-corrected chi connectivity index (χ1v) is 10.0. The predicted octanol–water partition coefficient (Wildman–Crippen LogP) is 5.90. The molecule has 0 unspecified atom stereocenters. The van der Waals surface area contributed by atoms with Crippen molar-refractivity contribution in [3.05, 3.63) is 98.8 Å². The number of aromatic carboxylic acids is 1. The summed E-state index contributed by atoms with van der Waals surface area (Å²) in [7, 11) is 0. The van der Waals surface area contributed by atoms with E-state index in [-0.39, 0.29) is 33.5 Å². The monoisotopic (exact) mass is 461 g/mol. The first kappa shape index (κ1) is 22.6. The minimum Gasteiger partial charge on any atom is -0.486 e. The van der Waals surface area contributed by atoms with E-state index >= 15 is 0 Å². The van der Waals surface area contributed by atoms with Gasteiger partial charge in [0.15, 0.2) is 5.75 Å². The molecule has 0 fully saturated rings. The summed E-state index contributed by atoms with van der Waals surface area (Å²) in [6.45, 7) is 1.77. The van der Waals surface area contributed by atoms with Gasteiger partial charge in [0.2, 0.25) is 0 Å². The van der Waals surface area contributed by atoms with Crippen LogP contribution in [0.1, 0.15) is 44.8 Å². The third-order valence-corrected chi connectivity index (χ3v) is 5.25. The summed E-state index contributed by atoms with van der Waals surface area (Å²) in [4.78, 5) is 23.9. The van der Waals surface area contributed by atoms with Gasteiger partial charge >= 0.3 is 5.97 Å². The highest BCUT2D eigenvalue weighted by atomic mass is 35.5. The Morgan fingerprint density at radius 1 is 1.06 bits per heavy atom. The average molecular weight is 462 g/mol. The van der Waals surface area contributed by atoms with Crippen molar-refractivity contribution in [3.8, 4) is 5.75 Å². The second kappa shape index (κ2) is 9.81. The topological polar surface area (TPSA) is 75.6 Å². The number of ether oxygens (including phenoxy) is 1. The van der Waals surface area contributed by atoms with Crippen LogP contribution in [0.2, 0.25) is 10.0 Å². The summed E-state index contributed by atoms with van der Waals surface area (Å²) >= 11 is 12.3. The molecule has 0 aliphatic heterocycles. The van der Waals surface area contributed by atoms with Crippen molar-refractivity contribution in [1.82, 2.24) is 5.32 Å². The highest BCUT2D eigenvalue weighted by Crippen LogP contribution is 2.31. The molecular weight excluding hydrogens is 444 g/mol. The first-order valence-electron chi connectivity index (χ1n) is 9.25. The molecule has 2 N–H and O–H groups in total. The van der Waals surface area contributed by atoms with E-state index in [1.54, 1.807) is 37.3 Å². The van der Waals surface area contributed by atoms with Crippen LogP contribution in [-0.2, 0) is 6.61 Å². The average Bonchev–Trinajstić information content (AvgIpc) is 2.73. The Hall–Kier alpha value is -3.09. The highest BCUT2D eigenvalue weighted by Gasteiger charge is 2.19. The van der Waals surface area contributed by atoms with Crippen LogP contribution < -0.4 is 10.1 Å². The SMILES string of the molecule is C[C@H](NC(=O)c1cccc(Cl)c1OCc1ccc(F)cc1Cl)c1ccc(C(=O)O)cc1. The van der Waals surface area contributed by atoms with Gasteiger partial charge in [0.25, 0.3) is 5.91 Å². The van der Waals surface area contributed by atoms with Crippen LogP contribution >= 0.6 is 23.2 Å². The van der Waals surface area contributed by atoms with Gasteiger partial charge in [-0.3, -0.25) is 4.79 Å². The van der Waals surface area contributed by atoms with Gasteiger partial charge in [-0.25, -0.2) is 9.18 Å². The van der Waals surface area contributed by atoms with Gasteiger partial charge in [-0.05, 0) is 48.9 Å². The number of carboxylic acids is 1. The van der Waals surface area contributed by atoms with Gasteiger partial charge in [-0.1, -0.05) is 47.5 Å². The maximum Gasteiger partial charge on any atom is 0.335 e. The number of para-hydroxylation sites is 1. The Labute approximate surface area is 188 Å². The number of hydrogen-bond donors (Lipinski definition) is 2. The van der Waals surface area contributed by atoms with Crippen molar-refractivity contribution in [1.29, 1.82) is 0 Å². The molecule has 3 aromatic carbocycles. The van der Waals surface area contributed by atoms with Crippen molar-refractivity contribution >= 4 is 35.1 Å². The van der Waals surface area contributed by atoms with Gasteiger partial charge in [0, 0.05) is 5.56 Å². The fourth-order valence-corrected chi connectivity index (χ4v) is 3.35. The number of carbonyl (C=O) groups excluding carboxylic acids is 1. The molecule has 0 aliphatic carbocycles. The second-order valence-corrected chi connectivity index (χ2v) is 7.58. The van der Waals surface area contributed by atoms with Crippen LogP contribution in [0.5, 0.6) is 5.75 Å². The number of benzene rings is 3. The Morgan fingerprint density at radius 3 is 2.42 bits per heavy atom. The van der Waals surface area contributed by atoms with Gasteiger partial charge in [0.1, 0.15) is 12.4 Å². The molecule has 3 rings (SSSR count). The van der Waals surface area contributed by atoms with Crippen LogP contribution in [-0.4, -0.2) is 17.0 Å². The summed E-state index contributed by atoms with van der Waals surface area (Å²) in [5, 5.41) is 12.3.